The number of hydrogen-bond acceptors (Lipinski definition) is 2. The van der Waals surface area contributed by atoms with Crippen LogP contribution >= 0.6 is 46.7 Å². The van der Waals surface area contributed by atoms with E-state index < -0.39 is 0 Å². The lowest BCUT2D eigenvalue weighted by Gasteiger charge is -2.05. The second-order valence-corrected chi connectivity index (χ2v) is 6.73. The Morgan fingerprint density at radius 1 is 0.833 bits per heavy atom. The first-order chi connectivity index (χ1) is 8.75. The van der Waals surface area contributed by atoms with Crippen molar-refractivity contribution in [2.45, 2.75) is 9.79 Å². The molecular weight excluding hydrogens is 303 g/mol. The molecule has 4 heteroatoms. The molecule has 0 amide bonds. The maximum Gasteiger partial charge on any atom is 0.0542 e. The van der Waals surface area contributed by atoms with Gasteiger partial charge in [0.1, 0.15) is 0 Å². The van der Waals surface area contributed by atoms with Crippen LogP contribution < -0.4 is 0 Å². The molecule has 0 fully saturated rings. The van der Waals surface area contributed by atoms with Gasteiger partial charge >= 0.3 is 0 Å². The first kappa shape index (κ1) is 14.1. The standard InChI is InChI=1S/C14H12Cl2S2/c15-11-6-7-13(16)14(10-11)18-9-8-17-12-4-2-1-3-5-12/h1-7,10H,8-9H2. The van der Waals surface area contributed by atoms with Gasteiger partial charge in [0.2, 0.25) is 0 Å². The van der Waals surface area contributed by atoms with E-state index in [4.69, 9.17) is 23.2 Å². The minimum atomic E-state index is 0.734. The highest BCUT2D eigenvalue weighted by Gasteiger charge is 2.02. The molecule has 0 aromatic heterocycles. The molecule has 2 aromatic carbocycles. The van der Waals surface area contributed by atoms with Gasteiger partial charge in [-0.15, -0.1) is 23.5 Å². The lowest BCUT2D eigenvalue weighted by atomic mass is 10.4. The maximum atomic E-state index is 6.11. The van der Waals surface area contributed by atoms with Crippen LogP contribution in [0.25, 0.3) is 0 Å². The first-order valence-corrected chi connectivity index (χ1v) is 8.24. The van der Waals surface area contributed by atoms with Gasteiger partial charge in [-0.05, 0) is 30.3 Å². The molecule has 18 heavy (non-hydrogen) atoms. The predicted molar refractivity (Wildman–Crippen MR) is 84.4 cm³/mol. The highest BCUT2D eigenvalue weighted by Crippen LogP contribution is 2.30. The molecule has 0 atom stereocenters. The van der Waals surface area contributed by atoms with E-state index in [1.54, 1.807) is 11.8 Å². The molecule has 0 heterocycles. The molecule has 94 valence electrons. The van der Waals surface area contributed by atoms with Crippen LogP contribution in [0.1, 0.15) is 0 Å². The maximum absolute atomic E-state index is 6.11. The topological polar surface area (TPSA) is 0 Å². The van der Waals surface area contributed by atoms with Crippen LogP contribution in [0.5, 0.6) is 0 Å². The second kappa shape index (κ2) is 7.34. The Kier molecular flexibility index (Phi) is 5.77. The Balaban J connectivity index is 1.80. The Labute approximate surface area is 126 Å². The largest absolute Gasteiger partial charge is 0.125 e. The molecule has 0 aliphatic carbocycles. The van der Waals surface area contributed by atoms with Gasteiger partial charge in [0.15, 0.2) is 0 Å². The van der Waals surface area contributed by atoms with Crippen molar-refractivity contribution in [2.24, 2.45) is 0 Å². The first-order valence-electron chi connectivity index (χ1n) is 5.51. The van der Waals surface area contributed by atoms with Crippen molar-refractivity contribution in [1.29, 1.82) is 0 Å². The van der Waals surface area contributed by atoms with Crippen LogP contribution in [0.4, 0.5) is 0 Å². The fourth-order valence-electron chi connectivity index (χ4n) is 1.42. The number of rotatable bonds is 5. The number of benzene rings is 2. The Hall–Kier alpha value is -0.280. The number of halogens is 2. The van der Waals surface area contributed by atoms with E-state index >= 15 is 0 Å². The van der Waals surface area contributed by atoms with Gasteiger partial charge in [-0.1, -0.05) is 41.4 Å². The lowest BCUT2D eigenvalue weighted by Crippen LogP contribution is -1.85. The minimum absolute atomic E-state index is 0.734. The summed E-state index contributed by atoms with van der Waals surface area (Å²) in [4.78, 5) is 2.35. The van der Waals surface area contributed by atoms with Crippen LogP contribution in [-0.2, 0) is 0 Å². The van der Waals surface area contributed by atoms with Crippen LogP contribution in [0.15, 0.2) is 58.3 Å². The average molecular weight is 315 g/mol. The Morgan fingerprint density at radius 2 is 1.56 bits per heavy atom. The molecule has 0 aliphatic rings. The molecule has 0 unspecified atom stereocenters. The number of thioether (sulfide) groups is 2. The monoisotopic (exact) mass is 314 g/mol. The van der Waals surface area contributed by atoms with Crippen molar-refractivity contribution in [3.05, 3.63) is 58.6 Å². The summed E-state index contributed by atoms with van der Waals surface area (Å²) in [5, 5.41) is 1.51. The number of hydrogen-bond donors (Lipinski definition) is 0. The molecule has 0 nitrogen and oxygen atoms in total. The molecule has 0 saturated heterocycles. The summed E-state index contributed by atoms with van der Waals surface area (Å²) >= 11 is 15.7. The van der Waals surface area contributed by atoms with Crippen molar-refractivity contribution in [2.75, 3.05) is 11.5 Å². The van der Waals surface area contributed by atoms with E-state index in [2.05, 4.69) is 24.3 Å². The summed E-state index contributed by atoms with van der Waals surface area (Å²) in [5.41, 5.74) is 0. The van der Waals surface area contributed by atoms with Crippen molar-refractivity contribution in [1.82, 2.24) is 0 Å². The van der Waals surface area contributed by atoms with E-state index in [0.29, 0.717) is 0 Å². The van der Waals surface area contributed by atoms with Crippen LogP contribution in [0, 0.1) is 0 Å². The van der Waals surface area contributed by atoms with E-state index in [-0.39, 0.29) is 0 Å². The van der Waals surface area contributed by atoms with Crippen molar-refractivity contribution in [3.8, 4) is 0 Å². The molecule has 2 aromatic rings. The van der Waals surface area contributed by atoms with Crippen LogP contribution in [0.3, 0.4) is 0 Å². The van der Waals surface area contributed by atoms with Gasteiger partial charge < -0.3 is 0 Å². The molecule has 0 N–H and O–H groups in total. The molecule has 0 bridgehead atoms. The van der Waals surface area contributed by atoms with E-state index in [9.17, 15) is 0 Å². The Bertz CT molecular complexity index is 500. The molecule has 0 aliphatic heterocycles. The summed E-state index contributed by atoms with van der Waals surface area (Å²) < 4.78 is 0. The lowest BCUT2D eigenvalue weighted by molar-refractivity contribution is 1.41. The summed E-state index contributed by atoms with van der Waals surface area (Å²) in [6.45, 7) is 0. The molecule has 0 radical (unpaired) electrons. The highest BCUT2D eigenvalue weighted by molar-refractivity contribution is 8.03. The fourth-order valence-corrected chi connectivity index (χ4v) is 3.82. The quantitative estimate of drug-likeness (QED) is 0.499. The highest BCUT2D eigenvalue weighted by atomic mass is 35.5. The second-order valence-electron chi connectivity index (χ2n) is 3.58. The third-order valence-corrected chi connectivity index (χ3v) is 5.25. The van der Waals surface area contributed by atoms with Gasteiger partial charge in [0, 0.05) is 26.3 Å². The van der Waals surface area contributed by atoms with Gasteiger partial charge in [0.05, 0.1) is 5.02 Å². The van der Waals surface area contributed by atoms with Crippen LogP contribution in [-0.4, -0.2) is 11.5 Å². The van der Waals surface area contributed by atoms with Gasteiger partial charge in [-0.25, -0.2) is 0 Å². The third-order valence-electron chi connectivity index (χ3n) is 2.25. The smallest absolute Gasteiger partial charge is 0.0542 e. The van der Waals surface area contributed by atoms with Crippen molar-refractivity contribution < 1.29 is 0 Å². The van der Waals surface area contributed by atoms with Crippen LogP contribution in [0.2, 0.25) is 10.0 Å². The van der Waals surface area contributed by atoms with E-state index in [1.165, 1.54) is 4.90 Å². The van der Waals surface area contributed by atoms with Crippen molar-refractivity contribution >= 4 is 46.7 Å². The normalized spacial score (nSPS) is 10.6. The van der Waals surface area contributed by atoms with Crippen molar-refractivity contribution in [3.63, 3.8) is 0 Å². The summed E-state index contributed by atoms with van der Waals surface area (Å²) in [6, 6.07) is 16.0. The zero-order valence-corrected chi connectivity index (χ0v) is 12.8. The molecule has 0 spiro atoms. The molecule has 2 rings (SSSR count). The van der Waals surface area contributed by atoms with E-state index in [1.807, 2.05) is 36.0 Å². The Morgan fingerprint density at radius 3 is 2.33 bits per heavy atom. The minimum Gasteiger partial charge on any atom is -0.125 e. The molecule has 0 saturated carbocycles. The summed E-state index contributed by atoms with van der Waals surface area (Å²) in [6.07, 6.45) is 0. The van der Waals surface area contributed by atoms with Gasteiger partial charge in [-0.3, -0.25) is 0 Å². The fraction of sp³-hybridized carbons (Fsp3) is 0.143. The molecular formula is C14H12Cl2S2. The summed E-state index contributed by atoms with van der Waals surface area (Å²) in [7, 11) is 0. The third kappa shape index (κ3) is 4.43. The van der Waals surface area contributed by atoms with E-state index in [0.717, 1.165) is 26.4 Å². The zero-order valence-electron chi connectivity index (χ0n) is 9.61. The summed E-state index contributed by atoms with van der Waals surface area (Å²) in [5.74, 6) is 2.07. The van der Waals surface area contributed by atoms with Gasteiger partial charge in [0.25, 0.3) is 0 Å². The SMILES string of the molecule is Clc1ccc(Cl)c(SCCSc2ccccc2)c1. The predicted octanol–water partition coefficient (Wildman–Crippen LogP) is 5.88. The van der Waals surface area contributed by atoms with Gasteiger partial charge in [-0.2, -0.15) is 0 Å². The zero-order chi connectivity index (χ0) is 12.8. The average Bonchev–Trinajstić information content (AvgIpc) is 2.40.